The predicted molar refractivity (Wildman–Crippen MR) is 89.3 cm³/mol. The molecule has 0 aliphatic carbocycles. The van der Waals surface area contributed by atoms with Gasteiger partial charge in [0.1, 0.15) is 0 Å². The molecule has 0 bridgehead atoms. The van der Waals surface area contributed by atoms with Gasteiger partial charge >= 0.3 is 12.1 Å². The number of benzene rings is 2. The summed E-state index contributed by atoms with van der Waals surface area (Å²) in [6.07, 6.45) is 0. The fraction of sp³-hybridized carbons (Fsp3) is 0.250. The van der Waals surface area contributed by atoms with Crippen molar-refractivity contribution in [3.05, 3.63) is 102 Å². The molecule has 0 aromatic heterocycles. The molecular weight excluding hydrogens is 344 g/mol. The Morgan fingerprint density at radius 2 is 0.923 bits per heavy atom. The van der Waals surface area contributed by atoms with Gasteiger partial charge in [-0.3, -0.25) is 20.2 Å². The smallest absolute Gasteiger partial charge is 0.317 e. The van der Waals surface area contributed by atoms with Gasteiger partial charge in [0, 0.05) is 21.0 Å². The molecule has 0 saturated heterocycles. The maximum atomic E-state index is 12.6. The van der Waals surface area contributed by atoms with Crippen LogP contribution in [0.5, 0.6) is 0 Å². The molecule has 0 aliphatic heterocycles. The number of rotatable bonds is 8. The highest BCUT2D eigenvalue weighted by molar-refractivity contribution is 5.18. The lowest BCUT2D eigenvalue weighted by Crippen LogP contribution is -2.32. The Bertz CT molecular complexity index is 729. The summed E-state index contributed by atoms with van der Waals surface area (Å²) in [5.74, 6) is 0. The lowest BCUT2D eigenvalue weighted by Gasteiger charge is -2.15. The fourth-order valence-corrected chi connectivity index (χ4v) is 2.51. The second-order valence-electron chi connectivity index (χ2n) is 5.49. The lowest BCUT2D eigenvalue weighted by atomic mass is 10.1. The van der Waals surface area contributed by atoms with E-state index >= 15 is 0 Å². The Hall–Kier alpha value is -3.56. The van der Waals surface area contributed by atoms with Gasteiger partial charge in [0.15, 0.2) is 0 Å². The van der Waals surface area contributed by atoms with Crippen LogP contribution in [0.1, 0.15) is 23.2 Å². The third-order valence-electron chi connectivity index (χ3n) is 3.74. The average molecular weight is 360 g/mol. The van der Waals surface area contributed by atoms with E-state index in [0.29, 0.717) is 0 Å². The molecule has 0 saturated carbocycles. The minimum atomic E-state index is -1.40. The summed E-state index contributed by atoms with van der Waals surface area (Å²) in [6.45, 7) is -1.63. The Balaban J connectivity index is 2.49. The normalized spacial score (nSPS) is 14.2. The summed E-state index contributed by atoms with van der Waals surface area (Å²) in [6, 6.07) is 12.8. The van der Waals surface area contributed by atoms with Crippen LogP contribution in [0.15, 0.2) is 60.7 Å². The number of hydroxylamine groups is 2. The minimum absolute atomic E-state index is 0.0979. The van der Waals surface area contributed by atoms with Crippen molar-refractivity contribution < 1.29 is 19.6 Å². The first-order valence-electron chi connectivity index (χ1n) is 7.66. The van der Waals surface area contributed by atoms with Crippen molar-refractivity contribution >= 4 is 0 Å². The van der Waals surface area contributed by atoms with Crippen LogP contribution in [-0.2, 0) is 0 Å². The Labute approximate surface area is 148 Å². The van der Waals surface area contributed by atoms with E-state index in [1.54, 1.807) is 36.4 Å². The second-order valence-corrected chi connectivity index (χ2v) is 5.49. The van der Waals surface area contributed by atoms with Gasteiger partial charge in [0.05, 0.1) is 9.72 Å². The maximum absolute atomic E-state index is 12.6. The quantitative estimate of drug-likeness (QED) is 0.307. The van der Waals surface area contributed by atoms with Crippen molar-refractivity contribution in [1.29, 1.82) is 0 Å². The van der Waals surface area contributed by atoms with Gasteiger partial charge < -0.3 is 10.4 Å². The van der Waals surface area contributed by atoms with E-state index in [4.69, 9.17) is 0 Å². The van der Waals surface area contributed by atoms with Gasteiger partial charge in [0.25, 0.3) is 13.1 Å². The first-order valence-corrected chi connectivity index (χ1v) is 7.66. The van der Waals surface area contributed by atoms with Gasteiger partial charge in [-0.1, -0.05) is 60.7 Å². The molecule has 2 atom stereocenters. The molecule has 0 aliphatic rings. The molecule has 10 nitrogen and oxygen atoms in total. The van der Waals surface area contributed by atoms with Crippen LogP contribution in [0.4, 0.5) is 0 Å². The molecule has 2 aromatic carbocycles. The molecule has 0 N–H and O–H groups in total. The van der Waals surface area contributed by atoms with Crippen molar-refractivity contribution in [2.45, 2.75) is 12.1 Å². The SMILES string of the molecule is O=[N+]([O-])CC(c1ccccc1)/[N+]([O-])=[N+](\[O-])C(C[N+](=O)[O-])c1ccccc1. The van der Waals surface area contributed by atoms with Crippen LogP contribution in [-0.4, -0.2) is 32.7 Å². The van der Waals surface area contributed by atoms with Crippen LogP contribution in [0.2, 0.25) is 0 Å². The zero-order chi connectivity index (χ0) is 19.1. The first kappa shape index (κ1) is 18.8. The lowest BCUT2D eigenvalue weighted by molar-refractivity contribution is -1.01. The van der Waals surface area contributed by atoms with Crippen LogP contribution in [0, 0.1) is 30.6 Å². The first-order chi connectivity index (χ1) is 12.4. The zero-order valence-corrected chi connectivity index (χ0v) is 13.6. The largest absolute Gasteiger partial charge is 0.566 e. The number of hydrogen-bond donors (Lipinski definition) is 0. The van der Waals surface area contributed by atoms with E-state index in [0.717, 1.165) is 0 Å². The maximum Gasteiger partial charge on any atom is 0.317 e. The van der Waals surface area contributed by atoms with Crippen LogP contribution < -0.4 is 0 Å². The number of nitro groups is 2. The molecule has 10 heteroatoms. The predicted octanol–water partition coefficient (Wildman–Crippen LogP) is 2.50. The Morgan fingerprint density at radius 3 is 1.19 bits per heavy atom. The van der Waals surface area contributed by atoms with E-state index in [2.05, 4.69) is 0 Å². The molecule has 2 unspecified atom stereocenters. The standard InChI is InChI=1S/C16H16N4O6/c21-17(22)11-15(13-7-3-1-4-8-13)19(25)20(26)16(12-18(23)24)14-9-5-2-6-10-14/h1-10,15-16H,11-12H2/b20-19+. The molecule has 0 radical (unpaired) electrons. The van der Waals surface area contributed by atoms with E-state index < -0.39 is 35.0 Å². The van der Waals surface area contributed by atoms with Crippen LogP contribution in [0.25, 0.3) is 0 Å². The van der Waals surface area contributed by atoms with Gasteiger partial charge in [-0.2, -0.15) is 0 Å². The summed E-state index contributed by atoms with van der Waals surface area (Å²) in [7, 11) is 0. The number of azo groups is 1. The van der Waals surface area contributed by atoms with E-state index in [9.17, 15) is 30.6 Å². The third kappa shape index (κ3) is 4.72. The Morgan fingerprint density at radius 1 is 0.615 bits per heavy atom. The van der Waals surface area contributed by atoms with Gasteiger partial charge in [0.2, 0.25) is 0 Å². The summed E-state index contributed by atoms with van der Waals surface area (Å²) < 4.78 is 0. The third-order valence-corrected chi connectivity index (χ3v) is 3.74. The van der Waals surface area contributed by atoms with Crippen molar-refractivity contribution in [3.63, 3.8) is 0 Å². The number of hydrogen-bond acceptors (Lipinski definition) is 6. The molecule has 2 aromatic rings. The topological polar surface area (TPSA) is 138 Å². The van der Waals surface area contributed by atoms with Crippen molar-refractivity contribution in [1.82, 2.24) is 0 Å². The molecule has 26 heavy (non-hydrogen) atoms. The van der Waals surface area contributed by atoms with Crippen molar-refractivity contribution in [3.8, 4) is 0 Å². The van der Waals surface area contributed by atoms with Crippen LogP contribution in [0.3, 0.4) is 0 Å². The van der Waals surface area contributed by atoms with Gasteiger partial charge in [-0.05, 0) is 0 Å². The molecule has 136 valence electrons. The van der Waals surface area contributed by atoms with Gasteiger partial charge in [-0.25, -0.2) is 0 Å². The van der Waals surface area contributed by atoms with E-state index in [-0.39, 0.29) is 20.8 Å². The monoisotopic (exact) mass is 360 g/mol. The average Bonchev–Trinajstić information content (AvgIpc) is 2.64. The number of nitrogens with zero attached hydrogens (tertiary/aromatic N) is 4. The Kier molecular flexibility index (Phi) is 6.15. The second kappa shape index (κ2) is 8.51. The minimum Gasteiger partial charge on any atom is -0.566 e. The van der Waals surface area contributed by atoms with E-state index in [1.165, 1.54) is 24.3 Å². The molecule has 0 fully saturated rings. The summed E-state index contributed by atoms with van der Waals surface area (Å²) in [4.78, 5) is 20.3. The highest BCUT2D eigenvalue weighted by Gasteiger charge is 2.37. The fourth-order valence-electron chi connectivity index (χ4n) is 2.51. The van der Waals surface area contributed by atoms with E-state index in [1.807, 2.05) is 0 Å². The zero-order valence-electron chi connectivity index (χ0n) is 13.6. The highest BCUT2D eigenvalue weighted by atomic mass is 16.6. The summed E-state index contributed by atoms with van der Waals surface area (Å²) in [5.41, 5.74) is 0.543. The molecule has 0 heterocycles. The highest BCUT2D eigenvalue weighted by Crippen LogP contribution is 2.22. The summed E-state index contributed by atoms with van der Waals surface area (Å²) in [5, 5.41) is 47.0. The van der Waals surface area contributed by atoms with Gasteiger partial charge in [-0.15, -0.1) is 0 Å². The van der Waals surface area contributed by atoms with Crippen molar-refractivity contribution in [2.24, 2.45) is 0 Å². The molecule has 0 amide bonds. The summed E-state index contributed by atoms with van der Waals surface area (Å²) >= 11 is 0. The van der Waals surface area contributed by atoms with Crippen molar-refractivity contribution in [2.75, 3.05) is 13.1 Å². The van der Waals surface area contributed by atoms with Crippen LogP contribution >= 0.6 is 0 Å². The molecule has 0 spiro atoms. The molecule has 2 rings (SSSR count). The molecular formula is C16H16N4O6.